The summed E-state index contributed by atoms with van der Waals surface area (Å²) in [6, 6.07) is 45.5. The van der Waals surface area contributed by atoms with E-state index in [0.29, 0.717) is 48.8 Å². The number of aliphatic hydroxyl groups is 1. The van der Waals surface area contributed by atoms with Crippen LogP contribution in [0.2, 0.25) is 0 Å². The molecule has 1 aliphatic carbocycles. The first kappa shape index (κ1) is 45.5. The third-order valence-electron chi connectivity index (χ3n) is 14.1. The van der Waals surface area contributed by atoms with Crippen molar-refractivity contribution in [3.05, 3.63) is 156 Å². The SMILES string of the molecule is COc1ccc(C(OCC(O)C(=O)N2CCN(c3ccc4c(-c5ccc6c(c5)SC(C(C)C)CN6)c5ccc(=[N+]6CCCCC6)cc-5oc4c3)CC2)(c2ccccc2)c2ccc(OC)cc2)cc1. The molecule has 0 bridgehead atoms. The molecule has 2 fully saturated rings. The smallest absolute Gasteiger partial charge is 0.253 e. The molecule has 11 heteroatoms. The summed E-state index contributed by atoms with van der Waals surface area (Å²) in [7, 11) is 3.27. The van der Waals surface area contributed by atoms with Crippen molar-refractivity contribution < 1.29 is 28.5 Å². The van der Waals surface area contributed by atoms with E-state index in [4.69, 9.17) is 18.6 Å². The van der Waals surface area contributed by atoms with Gasteiger partial charge in [-0.1, -0.05) is 74.5 Å². The average molecular weight is 930 g/mol. The van der Waals surface area contributed by atoms with E-state index in [1.807, 2.05) is 90.6 Å². The molecular formula is C57H61N4O6S+. The number of benzene rings is 6. The Morgan fingerprint density at radius 3 is 2.13 bits per heavy atom. The standard InChI is InChI=1S/C57H60N4O6S/c1-38(2)54-36-58-49-26-13-39(33-53(49)68-54)55-47-24-18-43(59-27-9-6-10-28-59)34-51(47)67-52-35-44(19-25-48(52)55)60-29-31-61(32-30-60)56(63)50(62)37-66-57(40-11-7-5-8-12-40,41-14-20-45(64-3)21-15-41)42-16-22-46(65-4)23-17-42/h5,7-8,11-26,33-35,38,50,54,62H,6,9-10,27-32,36-37H2,1-4H3/p+1. The van der Waals surface area contributed by atoms with Crippen molar-refractivity contribution in [2.24, 2.45) is 5.92 Å². The zero-order valence-electron chi connectivity index (χ0n) is 39.5. The van der Waals surface area contributed by atoms with Crippen LogP contribution >= 0.6 is 11.8 Å². The molecule has 0 spiro atoms. The van der Waals surface area contributed by atoms with Crippen molar-refractivity contribution in [1.82, 2.24) is 9.48 Å². The van der Waals surface area contributed by atoms with E-state index in [9.17, 15) is 9.90 Å². The highest BCUT2D eigenvalue weighted by molar-refractivity contribution is 8.00. The van der Waals surface area contributed by atoms with Gasteiger partial charge < -0.3 is 38.9 Å². The molecule has 5 aromatic rings. The van der Waals surface area contributed by atoms with Crippen LogP contribution in [0.15, 0.2) is 143 Å². The van der Waals surface area contributed by atoms with E-state index in [0.717, 1.165) is 64.3 Å². The molecule has 2 unspecified atom stereocenters. The number of fused-ring (bicyclic) bond motifs is 3. The molecule has 350 valence electrons. The minimum absolute atomic E-state index is 0.230. The monoisotopic (exact) mass is 929 g/mol. The number of aliphatic hydroxyl groups excluding tert-OH is 1. The highest BCUT2D eigenvalue weighted by Gasteiger charge is 2.40. The van der Waals surface area contributed by atoms with Crippen LogP contribution in [0, 0.1) is 5.92 Å². The normalized spacial score (nSPS) is 17.0. The third kappa shape index (κ3) is 8.95. The number of rotatable bonds is 12. The van der Waals surface area contributed by atoms with E-state index in [-0.39, 0.29) is 12.5 Å². The molecule has 2 saturated heterocycles. The highest BCUT2D eigenvalue weighted by Crippen LogP contribution is 2.46. The fourth-order valence-electron chi connectivity index (χ4n) is 10.2. The summed E-state index contributed by atoms with van der Waals surface area (Å²) in [5, 5.41) is 18.1. The molecule has 10 rings (SSSR count). The fraction of sp³-hybridized carbons (Fsp3) is 0.333. The molecule has 4 heterocycles. The zero-order valence-corrected chi connectivity index (χ0v) is 40.3. The van der Waals surface area contributed by atoms with Crippen molar-refractivity contribution in [2.45, 2.75) is 55.0 Å². The van der Waals surface area contributed by atoms with Crippen molar-refractivity contribution >= 4 is 40.0 Å². The van der Waals surface area contributed by atoms with Crippen molar-refractivity contribution in [3.8, 4) is 33.9 Å². The lowest BCUT2D eigenvalue weighted by Gasteiger charge is -2.38. The van der Waals surface area contributed by atoms with E-state index in [2.05, 4.69) is 83.2 Å². The lowest BCUT2D eigenvalue weighted by molar-refractivity contribution is -0.146. The second-order valence-corrected chi connectivity index (χ2v) is 19.8. The maximum Gasteiger partial charge on any atom is 0.253 e. The first-order valence-corrected chi connectivity index (χ1v) is 24.9. The van der Waals surface area contributed by atoms with Gasteiger partial charge in [0.2, 0.25) is 5.36 Å². The number of hydrogen-bond acceptors (Lipinski definition) is 9. The number of thioether (sulfide) groups is 1. The first-order valence-electron chi connectivity index (χ1n) is 24.1. The highest BCUT2D eigenvalue weighted by atomic mass is 32.2. The van der Waals surface area contributed by atoms with Crippen molar-refractivity contribution in [3.63, 3.8) is 0 Å². The lowest BCUT2D eigenvalue weighted by Crippen LogP contribution is -2.52. The second kappa shape index (κ2) is 19.8. The van der Waals surface area contributed by atoms with Gasteiger partial charge in [-0.05, 0) is 89.2 Å². The summed E-state index contributed by atoms with van der Waals surface area (Å²) >= 11 is 1.98. The fourth-order valence-corrected chi connectivity index (χ4v) is 11.4. The Bertz CT molecular complexity index is 2870. The van der Waals surface area contributed by atoms with Gasteiger partial charge in [0.05, 0.1) is 26.9 Å². The molecule has 4 aliphatic heterocycles. The van der Waals surface area contributed by atoms with Crippen LogP contribution in [0.1, 0.15) is 49.8 Å². The van der Waals surface area contributed by atoms with Crippen LogP contribution in [-0.4, -0.2) is 93.9 Å². The van der Waals surface area contributed by atoms with Crippen molar-refractivity contribution in [2.75, 3.05) is 76.9 Å². The summed E-state index contributed by atoms with van der Waals surface area (Å²) in [5.41, 5.74) is 7.85. The van der Waals surface area contributed by atoms with Gasteiger partial charge in [-0.2, -0.15) is 0 Å². The molecule has 10 nitrogen and oxygen atoms in total. The minimum Gasteiger partial charge on any atom is -0.497 e. The summed E-state index contributed by atoms with van der Waals surface area (Å²) < 4.78 is 27.3. The lowest BCUT2D eigenvalue weighted by atomic mass is 9.80. The van der Waals surface area contributed by atoms with Crippen molar-refractivity contribution in [1.29, 1.82) is 0 Å². The molecule has 0 aromatic heterocycles. The number of hydrogen-bond donors (Lipinski definition) is 2. The topological polar surface area (TPSA) is 99.7 Å². The Labute approximate surface area is 403 Å². The van der Waals surface area contributed by atoms with E-state index >= 15 is 0 Å². The van der Waals surface area contributed by atoms with E-state index < -0.39 is 11.7 Å². The van der Waals surface area contributed by atoms with Gasteiger partial charge in [-0.25, -0.2) is 4.58 Å². The Hall–Kier alpha value is -6.27. The Balaban J connectivity index is 0.911. The average Bonchev–Trinajstić information content (AvgIpc) is 3.40. The summed E-state index contributed by atoms with van der Waals surface area (Å²) in [6.07, 6.45) is 2.29. The number of piperidine rings is 1. The molecule has 5 aromatic carbocycles. The molecule has 2 N–H and O–H groups in total. The number of nitrogens with zero attached hydrogens (tertiary/aromatic N) is 3. The number of carbonyl (C=O) groups is 1. The number of nitrogens with one attached hydrogen (secondary N) is 1. The van der Waals surface area contributed by atoms with Gasteiger partial charge in [-0.15, -0.1) is 11.8 Å². The van der Waals surface area contributed by atoms with Crippen LogP contribution < -0.4 is 29.6 Å². The predicted octanol–water partition coefficient (Wildman–Crippen LogP) is 9.74. The Morgan fingerprint density at radius 2 is 1.47 bits per heavy atom. The first-order chi connectivity index (χ1) is 33.2. The van der Waals surface area contributed by atoms with Gasteiger partial charge in [-0.3, -0.25) is 4.79 Å². The minimum atomic E-state index is -1.39. The van der Waals surface area contributed by atoms with E-state index in [1.54, 1.807) is 19.1 Å². The predicted molar refractivity (Wildman–Crippen MR) is 273 cm³/mol. The Morgan fingerprint density at radius 1 is 0.794 bits per heavy atom. The van der Waals surface area contributed by atoms with Crippen LogP contribution in [-0.2, 0) is 15.1 Å². The van der Waals surface area contributed by atoms with E-state index in [1.165, 1.54) is 46.3 Å². The van der Waals surface area contributed by atoms with Gasteiger partial charge >= 0.3 is 0 Å². The van der Waals surface area contributed by atoms with Gasteiger partial charge in [0.25, 0.3) is 5.91 Å². The Kier molecular flexibility index (Phi) is 13.2. The quantitative estimate of drug-likeness (QED) is 0.0706. The third-order valence-corrected chi connectivity index (χ3v) is 15.7. The number of piperazine rings is 1. The maximum absolute atomic E-state index is 14.1. The molecule has 5 aliphatic rings. The molecule has 2 atom stereocenters. The number of amides is 1. The van der Waals surface area contributed by atoms with Gasteiger partial charge in [0, 0.05) is 95.7 Å². The maximum atomic E-state index is 14.1. The molecular weight excluding hydrogens is 869 g/mol. The summed E-state index contributed by atoms with van der Waals surface area (Å²) in [4.78, 5) is 19.4. The summed E-state index contributed by atoms with van der Waals surface area (Å²) in [6.45, 7) is 9.55. The molecule has 1 amide bonds. The largest absolute Gasteiger partial charge is 0.497 e. The number of ether oxygens (including phenoxy) is 3. The number of carbonyl (C=O) groups excluding carboxylic acids is 1. The summed E-state index contributed by atoms with van der Waals surface area (Å²) in [5.74, 6) is 2.50. The van der Waals surface area contributed by atoms with Crippen LogP contribution in [0.3, 0.4) is 0 Å². The second-order valence-electron chi connectivity index (χ2n) is 18.5. The van der Waals surface area contributed by atoms with Crippen LogP contribution in [0.4, 0.5) is 11.4 Å². The zero-order chi connectivity index (χ0) is 46.8. The molecule has 0 radical (unpaired) electrons. The molecule has 0 saturated carbocycles. The van der Waals surface area contributed by atoms with Gasteiger partial charge in [0.15, 0.2) is 6.10 Å². The van der Waals surface area contributed by atoms with Gasteiger partial charge in [0.1, 0.15) is 41.5 Å². The van der Waals surface area contributed by atoms with Crippen LogP contribution in [0.5, 0.6) is 11.5 Å². The van der Waals surface area contributed by atoms with Crippen LogP contribution in [0.25, 0.3) is 33.4 Å². The number of anilines is 2. The molecule has 68 heavy (non-hydrogen) atoms. The number of methoxy groups -OCH3 is 2.